The van der Waals surface area contributed by atoms with Crippen LogP contribution in [0.25, 0.3) is 22.5 Å². The van der Waals surface area contributed by atoms with Crippen molar-refractivity contribution in [3.8, 4) is 5.75 Å². The third-order valence-corrected chi connectivity index (χ3v) is 8.52. The highest BCUT2D eigenvalue weighted by Crippen LogP contribution is 2.37. The highest BCUT2D eigenvalue weighted by atomic mass is 32.1. The molecule has 0 unspecified atom stereocenters. The number of ether oxygens (including phenoxy) is 2. The first-order valence-electron chi connectivity index (χ1n) is 12.5. The highest BCUT2D eigenvalue weighted by molar-refractivity contribution is 7.10. The maximum absolute atomic E-state index is 14.0. The number of thiazole rings is 1. The Morgan fingerprint density at radius 1 is 1.00 bits per heavy atom. The lowest BCUT2D eigenvalue weighted by molar-refractivity contribution is -0.138. The molecule has 5 aromatic rings. The van der Waals surface area contributed by atoms with Gasteiger partial charge in [-0.1, -0.05) is 78.1 Å². The number of nitrogens with zero attached hydrogens (tertiary/aromatic N) is 2. The lowest BCUT2D eigenvalue weighted by atomic mass is 9.97. The SMILES string of the molecule is CCOC(=O)C1=C(c2ccccc2)N=c2s/c(=C\c3ccc(OC)c4ccccc34)c(=O)n2[C@@H]1c1cccs1. The van der Waals surface area contributed by atoms with E-state index in [2.05, 4.69) is 0 Å². The average Bonchev–Trinajstić information content (AvgIpc) is 3.61. The minimum absolute atomic E-state index is 0.203. The number of aromatic nitrogens is 1. The number of benzene rings is 3. The quantitative estimate of drug-likeness (QED) is 0.273. The van der Waals surface area contributed by atoms with Gasteiger partial charge in [0.2, 0.25) is 0 Å². The Balaban J connectivity index is 1.64. The summed E-state index contributed by atoms with van der Waals surface area (Å²) in [5.74, 6) is 0.294. The number of carbonyl (C=O) groups excluding carboxylic acids is 1. The first-order valence-corrected chi connectivity index (χ1v) is 14.2. The lowest BCUT2D eigenvalue weighted by Crippen LogP contribution is -2.39. The summed E-state index contributed by atoms with van der Waals surface area (Å²) in [6, 6.07) is 24.6. The molecule has 6 rings (SSSR count). The van der Waals surface area contributed by atoms with Gasteiger partial charge in [0, 0.05) is 15.8 Å². The van der Waals surface area contributed by atoms with Crippen LogP contribution in [0.4, 0.5) is 0 Å². The number of hydrogen-bond acceptors (Lipinski definition) is 7. The summed E-state index contributed by atoms with van der Waals surface area (Å²) in [5, 5.41) is 3.89. The van der Waals surface area contributed by atoms with Crippen molar-refractivity contribution < 1.29 is 14.3 Å². The van der Waals surface area contributed by atoms with Gasteiger partial charge in [-0.25, -0.2) is 9.79 Å². The Hall–Kier alpha value is -4.27. The molecule has 0 saturated carbocycles. The zero-order valence-corrected chi connectivity index (χ0v) is 22.9. The topological polar surface area (TPSA) is 69.9 Å². The van der Waals surface area contributed by atoms with Crippen LogP contribution < -0.4 is 19.6 Å². The van der Waals surface area contributed by atoms with Crippen LogP contribution in [0.2, 0.25) is 0 Å². The van der Waals surface area contributed by atoms with Crippen molar-refractivity contribution in [1.29, 1.82) is 0 Å². The van der Waals surface area contributed by atoms with Crippen molar-refractivity contribution in [3.05, 3.63) is 126 Å². The van der Waals surface area contributed by atoms with E-state index >= 15 is 0 Å². The molecular formula is C31H24N2O4S2. The average molecular weight is 553 g/mol. The van der Waals surface area contributed by atoms with Crippen molar-refractivity contribution in [3.63, 3.8) is 0 Å². The Bertz CT molecular complexity index is 1900. The van der Waals surface area contributed by atoms with E-state index in [1.807, 2.05) is 90.3 Å². The van der Waals surface area contributed by atoms with Gasteiger partial charge >= 0.3 is 5.97 Å². The van der Waals surface area contributed by atoms with Crippen LogP contribution in [0.1, 0.15) is 29.0 Å². The summed E-state index contributed by atoms with van der Waals surface area (Å²) < 4.78 is 13.2. The van der Waals surface area contributed by atoms with Crippen LogP contribution in [0.5, 0.6) is 5.75 Å². The lowest BCUT2D eigenvalue weighted by Gasteiger charge is -2.24. The largest absolute Gasteiger partial charge is 0.496 e. The maximum atomic E-state index is 14.0. The first-order chi connectivity index (χ1) is 19.1. The van der Waals surface area contributed by atoms with Crippen LogP contribution in [0.3, 0.4) is 0 Å². The smallest absolute Gasteiger partial charge is 0.338 e. The van der Waals surface area contributed by atoms with E-state index in [1.165, 1.54) is 22.7 Å². The van der Waals surface area contributed by atoms with E-state index in [0.29, 0.717) is 20.6 Å². The molecule has 8 heteroatoms. The Labute approximate surface area is 232 Å². The van der Waals surface area contributed by atoms with Crippen LogP contribution in [0, 0.1) is 0 Å². The molecule has 0 amide bonds. The normalized spacial score (nSPS) is 15.2. The van der Waals surface area contributed by atoms with Gasteiger partial charge in [-0.05, 0) is 41.5 Å². The molecular weight excluding hydrogens is 528 g/mol. The zero-order valence-electron chi connectivity index (χ0n) is 21.3. The molecule has 1 aliphatic rings. The fraction of sp³-hybridized carbons (Fsp3) is 0.129. The van der Waals surface area contributed by atoms with Crippen molar-refractivity contribution in [2.24, 2.45) is 4.99 Å². The summed E-state index contributed by atoms with van der Waals surface area (Å²) in [6.07, 6.45) is 1.90. The van der Waals surface area contributed by atoms with Crippen LogP contribution in [-0.2, 0) is 9.53 Å². The second kappa shape index (κ2) is 10.5. The van der Waals surface area contributed by atoms with Crippen molar-refractivity contribution in [2.75, 3.05) is 13.7 Å². The first kappa shape index (κ1) is 25.0. The van der Waals surface area contributed by atoms with Crippen LogP contribution in [0.15, 0.2) is 99.6 Å². The third-order valence-electron chi connectivity index (χ3n) is 6.61. The summed E-state index contributed by atoms with van der Waals surface area (Å²) in [7, 11) is 1.65. The van der Waals surface area contributed by atoms with Crippen molar-refractivity contribution >= 4 is 51.2 Å². The number of esters is 1. The molecule has 2 aromatic heterocycles. The van der Waals surface area contributed by atoms with Gasteiger partial charge in [-0.3, -0.25) is 9.36 Å². The van der Waals surface area contributed by atoms with E-state index in [9.17, 15) is 9.59 Å². The summed E-state index contributed by atoms with van der Waals surface area (Å²) in [4.78, 5) is 33.8. The molecule has 0 spiro atoms. The van der Waals surface area contributed by atoms with Crippen molar-refractivity contribution in [1.82, 2.24) is 4.57 Å². The molecule has 0 radical (unpaired) electrons. The molecule has 0 bridgehead atoms. The second-order valence-corrected chi connectivity index (χ2v) is 10.8. The summed E-state index contributed by atoms with van der Waals surface area (Å²) in [6.45, 7) is 1.99. The molecule has 6 nitrogen and oxygen atoms in total. The van der Waals surface area contributed by atoms with Crippen LogP contribution >= 0.6 is 22.7 Å². The molecule has 0 saturated heterocycles. The predicted molar refractivity (Wildman–Crippen MR) is 156 cm³/mol. The monoisotopic (exact) mass is 552 g/mol. The van der Waals surface area contributed by atoms with E-state index in [1.54, 1.807) is 18.6 Å². The number of rotatable bonds is 6. The van der Waals surface area contributed by atoms with Gasteiger partial charge in [-0.15, -0.1) is 11.3 Å². The molecule has 1 atom stereocenters. The molecule has 1 aliphatic heterocycles. The molecule has 0 fully saturated rings. The van der Waals surface area contributed by atoms with E-state index in [4.69, 9.17) is 14.5 Å². The molecule has 3 heterocycles. The Morgan fingerprint density at radius 2 is 1.77 bits per heavy atom. The van der Waals surface area contributed by atoms with Crippen molar-refractivity contribution in [2.45, 2.75) is 13.0 Å². The predicted octanol–water partition coefficient (Wildman–Crippen LogP) is 5.16. The number of carbonyl (C=O) groups is 1. The summed E-state index contributed by atoms with van der Waals surface area (Å²) >= 11 is 2.81. The summed E-state index contributed by atoms with van der Waals surface area (Å²) in [5.41, 5.74) is 2.37. The Morgan fingerprint density at radius 3 is 2.49 bits per heavy atom. The molecule has 194 valence electrons. The van der Waals surface area contributed by atoms with E-state index < -0.39 is 12.0 Å². The van der Waals surface area contributed by atoms with Gasteiger partial charge in [0.1, 0.15) is 11.8 Å². The third kappa shape index (κ3) is 4.41. The van der Waals surface area contributed by atoms with Crippen LogP contribution in [-0.4, -0.2) is 24.3 Å². The number of hydrogen-bond donors (Lipinski definition) is 0. The number of thiophene rings is 1. The second-order valence-electron chi connectivity index (χ2n) is 8.85. The molecule has 0 N–H and O–H groups in total. The fourth-order valence-corrected chi connectivity index (χ4v) is 6.71. The highest BCUT2D eigenvalue weighted by Gasteiger charge is 2.35. The van der Waals surface area contributed by atoms with E-state index in [-0.39, 0.29) is 12.2 Å². The van der Waals surface area contributed by atoms with Gasteiger partial charge in [0.25, 0.3) is 5.56 Å². The van der Waals surface area contributed by atoms with E-state index in [0.717, 1.165) is 32.5 Å². The van der Waals surface area contributed by atoms with Gasteiger partial charge in [0.05, 0.1) is 29.5 Å². The molecule has 39 heavy (non-hydrogen) atoms. The molecule has 0 aliphatic carbocycles. The fourth-order valence-electron chi connectivity index (χ4n) is 4.90. The number of methoxy groups -OCH3 is 1. The zero-order chi connectivity index (χ0) is 26.9. The number of fused-ring (bicyclic) bond motifs is 2. The maximum Gasteiger partial charge on any atom is 0.338 e. The minimum Gasteiger partial charge on any atom is -0.496 e. The Kier molecular flexibility index (Phi) is 6.72. The van der Waals surface area contributed by atoms with Gasteiger partial charge in [0.15, 0.2) is 4.80 Å². The standard InChI is InChI=1S/C31H24N2O4S2/c1-3-37-30(35)26-27(19-10-5-4-6-11-19)32-31-33(28(26)24-14-9-17-38-24)29(34)25(39-31)18-20-15-16-23(36-2)22-13-8-7-12-21(20)22/h4-18,28H,3H2,1-2H3/b25-18-/t28-/m1/s1. The van der Waals surface area contributed by atoms with Gasteiger partial charge in [-0.2, -0.15) is 0 Å². The minimum atomic E-state index is -0.648. The van der Waals surface area contributed by atoms with Gasteiger partial charge < -0.3 is 9.47 Å². The molecule has 3 aromatic carbocycles.